The van der Waals surface area contributed by atoms with E-state index in [1.54, 1.807) is 64.3 Å². The van der Waals surface area contributed by atoms with Crippen molar-refractivity contribution in [2.24, 2.45) is 0 Å². The Labute approximate surface area is 266 Å². The van der Waals surface area contributed by atoms with E-state index in [-0.39, 0.29) is 37.0 Å². The Bertz CT molecular complexity index is 1620. The summed E-state index contributed by atoms with van der Waals surface area (Å²) in [6.45, 7) is 3.90. The van der Waals surface area contributed by atoms with E-state index in [1.807, 2.05) is 18.2 Å². The fourth-order valence-corrected chi connectivity index (χ4v) is 5.51. The third kappa shape index (κ3) is 7.70. The minimum absolute atomic E-state index is 0.0871. The molecule has 1 aliphatic heterocycles. The van der Waals surface area contributed by atoms with E-state index >= 15 is 0 Å². The van der Waals surface area contributed by atoms with Crippen LogP contribution in [-0.2, 0) is 33.5 Å². The summed E-state index contributed by atoms with van der Waals surface area (Å²) in [7, 11) is 4.84. The molecule has 0 saturated heterocycles. The summed E-state index contributed by atoms with van der Waals surface area (Å²) < 4.78 is 55.4. The number of ether oxygens (including phenoxy) is 3. The predicted octanol–water partition coefficient (Wildman–Crippen LogP) is 6.39. The van der Waals surface area contributed by atoms with E-state index < -0.39 is 23.6 Å². The van der Waals surface area contributed by atoms with Crippen molar-refractivity contribution in [1.82, 2.24) is 9.80 Å². The highest BCUT2D eigenvalue weighted by molar-refractivity contribution is 5.96. The van der Waals surface area contributed by atoms with Gasteiger partial charge in [-0.05, 0) is 73.4 Å². The number of nitrogens with zero attached hydrogens (tertiary/aromatic N) is 2. The van der Waals surface area contributed by atoms with Gasteiger partial charge in [-0.3, -0.25) is 9.59 Å². The van der Waals surface area contributed by atoms with E-state index in [0.29, 0.717) is 46.9 Å². The van der Waals surface area contributed by atoms with Gasteiger partial charge in [0.2, 0.25) is 5.91 Å². The van der Waals surface area contributed by atoms with E-state index in [2.05, 4.69) is 0 Å². The van der Waals surface area contributed by atoms with Crippen LogP contribution < -0.4 is 9.47 Å². The number of halogens is 3. The maximum absolute atomic E-state index is 13.4. The molecule has 244 valence electrons. The van der Waals surface area contributed by atoms with Gasteiger partial charge in [0.1, 0.15) is 0 Å². The number of carbonyl (C=O) groups excluding carboxylic acids is 3. The molecule has 8 nitrogen and oxygen atoms in total. The third-order valence-electron chi connectivity index (χ3n) is 8.00. The van der Waals surface area contributed by atoms with Gasteiger partial charge < -0.3 is 24.0 Å². The van der Waals surface area contributed by atoms with Crippen molar-refractivity contribution in [3.8, 4) is 11.5 Å². The molecule has 2 amide bonds. The van der Waals surface area contributed by atoms with Crippen molar-refractivity contribution in [2.45, 2.75) is 45.3 Å². The molecular weight excluding hydrogens is 601 g/mol. The fraction of sp³-hybridized carbons (Fsp3) is 0.343. The molecule has 1 aliphatic rings. The number of allylic oxidation sites excluding steroid dienone is 1. The molecule has 0 fully saturated rings. The molecule has 0 aliphatic carbocycles. The number of alkyl halides is 3. The smallest absolute Gasteiger partial charge is 0.416 e. The van der Waals surface area contributed by atoms with Gasteiger partial charge in [-0.1, -0.05) is 30.3 Å². The molecule has 0 spiro atoms. The molecule has 0 saturated carbocycles. The van der Waals surface area contributed by atoms with E-state index in [9.17, 15) is 27.6 Å². The first-order valence-corrected chi connectivity index (χ1v) is 14.8. The van der Waals surface area contributed by atoms with Crippen LogP contribution in [0.25, 0.3) is 0 Å². The molecule has 1 heterocycles. The highest BCUT2D eigenvalue weighted by atomic mass is 19.4. The largest absolute Gasteiger partial charge is 0.493 e. The lowest BCUT2D eigenvalue weighted by molar-refractivity contribution is -0.140. The molecule has 0 radical (unpaired) electrons. The highest BCUT2D eigenvalue weighted by Gasteiger charge is 2.38. The van der Waals surface area contributed by atoms with E-state index in [0.717, 1.165) is 17.7 Å². The number of methoxy groups -OCH3 is 2. The zero-order valence-electron chi connectivity index (χ0n) is 26.4. The molecule has 11 heteroatoms. The van der Waals surface area contributed by atoms with Crippen LogP contribution in [0.4, 0.5) is 13.2 Å². The second kappa shape index (κ2) is 14.5. The van der Waals surface area contributed by atoms with Crippen LogP contribution >= 0.6 is 0 Å². The lowest BCUT2D eigenvalue weighted by Gasteiger charge is -2.34. The van der Waals surface area contributed by atoms with Crippen LogP contribution in [0.15, 0.2) is 78.0 Å². The molecule has 0 N–H and O–H groups in total. The minimum atomic E-state index is -4.51. The van der Waals surface area contributed by atoms with Crippen molar-refractivity contribution < 1.29 is 41.8 Å². The standard InChI is InChI=1S/C35H37F3N2O6/c1-6-46-34(43)32-22(2)40(31(41)20-28(32)25-11-13-27(14-12-25)35(36,37)38)21-24-8-7-9-26(18-24)33(42)39(3)17-16-23-10-15-29(44-4)30(19-23)45-5/h7-15,18-19,28H,6,16-17,20-21H2,1-5H3. The number of hydrogen-bond acceptors (Lipinski definition) is 6. The van der Waals surface area contributed by atoms with Gasteiger partial charge in [0.05, 0.1) is 38.5 Å². The highest BCUT2D eigenvalue weighted by Crippen LogP contribution is 2.39. The summed E-state index contributed by atoms with van der Waals surface area (Å²) in [4.78, 5) is 42.9. The number of carbonyl (C=O) groups is 3. The number of hydrogen-bond donors (Lipinski definition) is 0. The first kappa shape index (κ1) is 34.1. The Morgan fingerprint density at radius 2 is 1.65 bits per heavy atom. The van der Waals surface area contributed by atoms with Gasteiger partial charge in [-0.15, -0.1) is 0 Å². The van der Waals surface area contributed by atoms with Gasteiger partial charge in [-0.25, -0.2) is 4.79 Å². The SMILES string of the molecule is CCOC(=O)C1=C(C)N(Cc2cccc(C(=O)N(C)CCc3ccc(OC)c(OC)c3)c2)C(=O)CC1c1ccc(C(F)(F)F)cc1. The Hall–Kier alpha value is -4.80. The zero-order chi connectivity index (χ0) is 33.6. The monoisotopic (exact) mass is 638 g/mol. The summed E-state index contributed by atoms with van der Waals surface area (Å²) in [6, 6.07) is 17.0. The third-order valence-corrected chi connectivity index (χ3v) is 8.00. The van der Waals surface area contributed by atoms with Crippen LogP contribution in [0.3, 0.4) is 0 Å². The second-order valence-electron chi connectivity index (χ2n) is 10.9. The van der Waals surface area contributed by atoms with Crippen molar-refractivity contribution in [3.05, 3.63) is 106 Å². The summed E-state index contributed by atoms with van der Waals surface area (Å²) in [6.07, 6.45) is -4.05. The molecular formula is C35H37F3N2O6. The van der Waals surface area contributed by atoms with Crippen LogP contribution in [0.5, 0.6) is 11.5 Å². The topological polar surface area (TPSA) is 85.4 Å². The average Bonchev–Trinajstić information content (AvgIpc) is 3.04. The predicted molar refractivity (Wildman–Crippen MR) is 165 cm³/mol. The van der Waals surface area contributed by atoms with Crippen LogP contribution in [0.1, 0.15) is 58.8 Å². The number of likely N-dealkylation sites (N-methyl/N-ethyl adjacent to an activating group) is 1. The molecule has 0 aromatic heterocycles. The summed E-state index contributed by atoms with van der Waals surface area (Å²) in [5.41, 5.74) is 2.23. The van der Waals surface area contributed by atoms with Crippen molar-refractivity contribution in [2.75, 3.05) is 34.4 Å². The van der Waals surface area contributed by atoms with Gasteiger partial charge in [0.25, 0.3) is 5.91 Å². The van der Waals surface area contributed by atoms with Crippen molar-refractivity contribution in [3.63, 3.8) is 0 Å². The van der Waals surface area contributed by atoms with Crippen LogP contribution in [-0.4, -0.2) is 62.0 Å². The first-order chi connectivity index (χ1) is 21.9. The Morgan fingerprint density at radius 3 is 2.28 bits per heavy atom. The lowest BCUT2D eigenvalue weighted by atomic mass is 9.83. The average molecular weight is 639 g/mol. The first-order valence-electron chi connectivity index (χ1n) is 14.8. The number of amides is 2. The van der Waals surface area contributed by atoms with Gasteiger partial charge >= 0.3 is 12.1 Å². The van der Waals surface area contributed by atoms with Crippen molar-refractivity contribution in [1.29, 1.82) is 0 Å². The molecule has 46 heavy (non-hydrogen) atoms. The van der Waals surface area contributed by atoms with Crippen LogP contribution in [0, 0.1) is 0 Å². The molecule has 3 aromatic rings. The Balaban J connectivity index is 1.53. The van der Waals surface area contributed by atoms with Gasteiger partial charge in [0, 0.05) is 37.2 Å². The number of rotatable bonds is 11. The quantitative estimate of drug-likeness (QED) is 0.226. The molecule has 1 atom stereocenters. The van der Waals surface area contributed by atoms with E-state index in [4.69, 9.17) is 14.2 Å². The molecule has 3 aromatic carbocycles. The Kier molecular flexibility index (Phi) is 10.8. The molecule has 1 unspecified atom stereocenters. The van der Waals surface area contributed by atoms with Crippen LogP contribution in [0.2, 0.25) is 0 Å². The maximum atomic E-state index is 13.4. The maximum Gasteiger partial charge on any atom is 0.416 e. The zero-order valence-corrected chi connectivity index (χ0v) is 26.4. The van der Waals surface area contributed by atoms with Crippen molar-refractivity contribution >= 4 is 17.8 Å². The normalized spacial score (nSPS) is 15.1. The minimum Gasteiger partial charge on any atom is -0.493 e. The number of benzene rings is 3. The summed E-state index contributed by atoms with van der Waals surface area (Å²) in [5.74, 6) is -0.683. The summed E-state index contributed by atoms with van der Waals surface area (Å²) in [5, 5.41) is 0. The molecule has 0 bridgehead atoms. The van der Waals surface area contributed by atoms with Gasteiger partial charge in [-0.2, -0.15) is 13.2 Å². The lowest BCUT2D eigenvalue weighted by Crippen LogP contribution is -2.38. The molecule has 4 rings (SSSR count). The summed E-state index contributed by atoms with van der Waals surface area (Å²) >= 11 is 0. The Morgan fingerprint density at radius 1 is 0.957 bits per heavy atom. The van der Waals surface area contributed by atoms with E-state index in [1.165, 1.54) is 17.0 Å². The number of esters is 1. The second-order valence-corrected chi connectivity index (χ2v) is 10.9. The van der Waals surface area contributed by atoms with Gasteiger partial charge in [0.15, 0.2) is 11.5 Å². The fourth-order valence-electron chi connectivity index (χ4n) is 5.51.